The van der Waals surface area contributed by atoms with Crippen LogP contribution in [0, 0.1) is 6.92 Å². The highest BCUT2D eigenvalue weighted by molar-refractivity contribution is 5.54. The number of rotatable bonds is 10. The molecule has 0 bridgehead atoms. The number of pyridine rings is 5. The molecular weight excluding hydrogens is 458 g/mol. The van der Waals surface area contributed by atoms with E-state index in [9.17, 15) is 0 Å². The number of nitrogens with zero attached hydrogens (tertiary/aromatic N) is 7. The van der Waals surface area contributed by atoms with Gasteiger partial charge in [0.2, 0.25) is 0 Å². The van der Waals surface area contributed by atoms with Crippen LogP contribution < -0.4 is 9.80 Å². The van der Waals surface area contributed by atoms with Crippen molar-refractivity contribution in [2.24, 2.45) is 0 Å². The van der Waals surface area contributed by atoms with Gasteiger partial charge in [-0.25, -0.2) is 4.98 Å². The first-order valence-corrected chi connectivity index (χ1v) is 12.3. The van der Waals surface area contributed by atoms with E-state index in [1.165, 1.54) is 0 Å². The van der Waals surface area contributed by atoms with Crippen LogP contribution in [0.15, 0.2) is 110 Å². The van der Waals surface area contributed by atoms with Crippen molar-refractivity contribution in [2.45, 2.75) is 33.1 Å². The summed E-state index contributed by atoms with van der Waals surface area (Å²) in [5, 5.41) is 0. The Bertz CT molecular complexity index is 1300. The maximum Gasteiger partial charge on any atom is 0.134 e. The van der Waals surface area contributed by atoms with Crippen LogP contribution >= 0.6 is 0 Å². The van der Waals surface area contributed by atoms with Crippen molar-refractivity contribution in [3.63, 3.8) is 0 Å². The molecule has 7 nitrogen and oxygen atoms in total. The standard InChI is InChI=1S/C30H29N7/c1-24-14-15-29(36(20-25-10-2-6-16-31-25)21-26-11-3-7-17-32-26)35-30(24)37(22-27-12-4-8-18-33-27)23-28-13-5-9-19-34-28/h2-19H,20-23H2,1H3. The second-order valence-corrected chi connectivity index (χ2v) is 8.81. The molecule has 5 heterocycles. The van der Waals surface area contributed by atoms with Crippen molar-refractivity contribution in [3.8, 4) is 0 Å². The summed E-state index contributed by atoms with van der Waals surface area (Å²) in [6, 6.07) is 28.1. The summed E-state index contributed by atoms with van der Waals surface area (Å²) in [5.74, 6) is 1.77. The van der Waals surface area contributed by atoms with Crippen LogP contribution in [0.2, 0.25) is 0 Å². The second kappa shape index (κ2) is 11.9. The normalized spacial score (nSPS) is 10.7. The largest absolute Gasteiger partial charge is 0.345 e. The van der Waals surface area contributed by atoms with Gasteiger partial charge in [0.05, 0.1) is 49.0 Å². The summed E-state index contributed by atoms with van der Waals surface area (Å²) in [6.07, 6.45) is 7.30. The van der Waals surface area contributed by atoms with E-state index in [0.717, 1.165) is 40.0 Å². The molecular formula is C30H29N7. The lowest BCUT2D eigenvalue weighted by Crippen LogP contribution is -2.28. The summed E-state index contributed by atoms with van der Waals surface area (Å²) >= 11 is 0. The number of hydrogen-bond donors (Lipinski definition) is 0. The van der Waals surface area contributed by atoms with Crippen LogP contribution in [-0.2, 0) is 26.2 Å². The molecule has 37 heavy (non-hydrogen) atoms. The van der Waals surface area contributed by atoms with Gasteiger partial charge in [0.25, 0.3) is 0 Å². The Morgan fingerprint density at radius 3 is 1.27 bits per heavy atom. The van der Waals surface area contributed by atoms with Gasteiger partial charge < -0.3 is 9.80 Å². The predicted octanol–water partition coefficient (Wildman–Crippen LogP) is 5.38. The predicted molar refractivity (Wildman–Crippen MR) is 146 cm³/mol. The first-order valence-electron chi connectivity index (χ1n) is 12.3. The van der Waals surface area contributed by atoms with Crippen molar-refractivity contribution in [1.29, 1.82) is 0 Å². The average molecular weight is 488 g/mol. The molecule has 0 aliphatic heterocycles. The molecule has 5 aromatic rings. The van der Waals surface area contributed by atoms with Crippen LogP contribution in [0.3, 0.4) is 0 Å². The van der Waals surface area contributed by atoms with Gasteiger partial charge in [0, 0.05) is 24.8 Å². The van der Waals surface area contributed by atoms with Crippen LogP contribution in [-0.4, -0.2) is 24.9 Å². The second-order valence-electron chi connectivity index (χ2n) is 8.81. The first kappa shape index (κ1) is 24.1. The van der Waals surface area contributed by atoms with Crippen molar-refractivity contribution < 1.29 is 0 Å². The molecule has 0 aromatic carbocycles. The highest BCUT2D eigenvalue weighted by atomic mass is 15.3. The van der Waals surface area contributed by atoms with E-state index in [-0.39, 0.29) is 0 Å². The van der Waals surface area contributed by atoms with Crippen molar-refractivity contribution in [1.82, 2.24) is 24.9 Å². The Hall–Kier alpha value is -4.65. The molecule has 0 unspecified atom stereocenters. The van der Waals surface area contributed by atoms with Gasteiger partial charge in [0.15, 0.2) is 0 Å². The van der Waals surface area contributed by atoms with E-state index in [1.807, 2.05) is 97.6 Å². The smallest absolute Gasteiger partial charge is 0.134 e. The molecule has 7 heteroatoms. The van der Waals surface area contributed by atoms with Crippen molar-refractivity contribution in [2.75, 3.05) is 9.80 Å². The summed E-state index contributed by atoms with van der Waals surface area (Å²) in [6.45, 7) is 4.57. The molecule has 0 spiro atoms. The fraction of sp³-hybridized carbons (Fsp3) is 0.167. The quantitative estimate of drug-likeness (QED) is 0.262. The van der Waals surface area contributed by atoms with Crippen LogP contribution in [0.25, 0.3) is 0 Å². The molecule has 5 aromatic heterocycles. The number of aryl methyl sites for hydroxylation is 1. The summed E-state index contributed by atoms with van der Waals surface area (Å²) < 4.78 is 0. The van der Waals surface area contributed by atoms with Gasteiger partial charge >= 0.3 is 0 Å². The molecule has 0 atom stereocenters. The topological polar surface area (TPSA) is 70.9 Å². The molecule has 0 aliphatic carbocycles. The summed E-state index contributed by atoms with van der Waals surface area (Å²) in [4.78, 5) is 27.9. The molecule has 0 aliphatic rings. The van der Waals surface area contributed by atoms with Crippen LogP contribution in [0.4, 0.5) is 11.6 Å². The third-order valence-electron chi connectivity index (χ3n) is 6.00. The molecule has 0 N–H and O–H groups in total. The maximum absolute atomic E-state index is 5.20. The van der Waals surface area contributed by atoms with Gasteiger partial charge in [0.1, 0.15) is 11.6 Å². The summed E-state index contributed by atoms with van der Waals surface area (Å²) in [5.41, 5.74) is 4.99. The molecule has 0 amide bonds. The van der Waals surface area contributed by atoms with E-state index < -0.39 is 0 Å². The van der Waals surface area contributed by atoms with Gasteiger partial charge in [-0.05, 0) is 67.1 Å². The zero-order chi connectivity index (χ0) is 25.3. The van der Waals surface area contributed by atoms with Gasteiger partial charge in [-0.2, -0.15) is 0 Å². The lowest BCUT2D eigenvalue weighted by molar-refractivity contribution is 0.728. The average Bonchev–Trinajstić information content (AvgIpc) is 2.95. The van der Waals surface area contributed by atoms with Crippen molar-refractivity contribution >= 4 is 11.6 Å². The Labute approximate surface area is 217 Å². The third-order valence-corrected chi connectivity index (χ3v) is 6.00. The third kappa shape index (κ3) is 6.52. The van der Waals surface area contributed by atoms with Gasteiger partial charge in [-0.15, -0.1) is 0 Å². The van der Waals surface area contributed by atoms with Crippen LogP contribution in [0.1, 0.15) is 28.3 Å². The highest BCUT2D eigenvalue weighted by Gasteiger charge is 2.18. The molecule has 0 fully saturated rings. The Kier molecular flexibility index (Phi) is 7.71. The number of anilines is 2. The van der Waals surface area contributed by atoms with E-state index in [0.29, 0.717) is 26.2 Å². The van der Waals surface area contributed by atoms with E-state index in [4.69, 9.17) is 4.98 Å². The Morgan fingerprint density at radius 2 is 0.892 bits per heavy atom. The van der Waals surface area contributed by atoms with Gasteiger partial charge in [-0.1, -0.05) is 30.3 Å². The maximum atomic E-state index is 5.20. The van der Waals surface area contributed by atoms with Crippen LogP contribution in [0.5, 0.6) is 0 Å². The number of aromatic nitrogens is 5. The minimum atomic E-state index is 0.618. The minimum Gasteiger partial charge on any atom is -0.345 e. The molecule has 0 saturated heterocycles. The Balaban J connectivity index is 1.51. The van der Waals surface area contributed by atoms with E-state index in [2.05, 4.69) is 48.8 Å². The van der Waals surface area contributed by atoms with E-state index >= 15 is 0 Å². The first-order chi connectivity index (χ1) is 18.2. The fourth-order valence-electron chi connectivity index (χ4n) is 4.18. The lowest BCUT2D eigenvalue weighted by atomic mass is 10.2. The fourth-order valence-corrected chi connectivity index (χ4v) is 4.18. The van der Waals surface area contributed by atoms with Gasteiger partial charge in [-0.3, -0.25) is 19.9 Å². The molecule has 184 valence electrons. The zero-order valence-corrected chi connectivity index (χ0v) is 20.9. The zero-order valence-electron chi connectivity index (χ0n) is 20.9. The van der Waals surface area contributed by atoms with E-state index in [1.54, 1.807) is 0 Å². The van der Waals surface area contributed by atoms with Crippen molar-refractivity contribution in [3.05, 3.63) is 138 Å². The monoisotopic (exact) mass is 487 g/mol. The highest BCUT2D eigenvalue weighted by Crippen LogP contribution is 2.26. The summed E-state index contributed by atoms with van der Waals surface area (Å²) in [7, 11) is 0. The number of hydrogen-bond acceptors (Lipinski definition) is 7. The Morgan fingerprint density at radius 1 is 0.486 bits per heavy atom. The lowest BCUT2D eigenvalue weighted by Gasteiger charge is -2.28. The SMILES string of the molecule is Cc1ccc(N(Cc2ccccn2)Cc2ccccn2)nc1N(Cc1ccccn1)Cc1ccccn1. The molecule has 0 radical (unpaired) electrons. The molecule has 0 saturated carbocycles. The minimum absolute atomic E-state index is 0.618. The molecule has 5 rings (SSSR count).